The molecule has 3 aromatic rings. The Bertz CT molecular complexity index is 898. The molecule has 0 aromatic heterocycles. The van der Waals surface area contributed by atoms with Gasteiger partial charge >= 0.3 is 0 Å². The van der Waals surface area contributed by atoms with Crippen molar-refractivity contribution < 1.29 is 9.53 Å². The Labute approximate surface area is 168 Å². The standard InChI is InChI=1S/C22H20ClNO2S/c1-26-21-12-7-17(22(25)24-14-16-5-3-2-4-6-16)13-18(21)15-27-20-10-8-19(23)9-11-20/h2-13H,14-15H2,1H3,(H,24,25). The van der Waals surface area contributed by atoms with Gasteiger partial charge < -0.3 is 10.1 Å². The largest absolute Gasteiger partial charge is 0.496 e. The Balaban J connectivity index is 1.68. The molecular weight excluding hydrogens is 378 g/mol. The third-order valence-electron chi connectivity index (χ3n) is 4.05. The van der Waals surface area contributed by atoms with Gasteiger partial charge in [-0.2, -0.15) is 0 Å². The molecule has 0 aliphatic heterocycles. The maximum atomic E-state index is 12.5. The van der Waals surface area contributed by atoms with Crippen LogP contribution in [-0.4, -0.2) is 13.0 Å². The molecule has 0 atom stereocenters. The molecular formula is C22H20ClNO2S. The highest BCUT2D eigenvalue weighted by molar-refractivity contribution is 7.98. The van der Waals surface area contributed by atoms with Crippen LogP contribution in [-0.2, 0) is 12.3 Å². The minimum atomic E-state index is -0.0979. The molecule has 0 aliphatic rings. The highest BCUT2D eigenvalue weighted by Crippen LogP contribution is 2.29. The Morgan fingerprint density at radius 2 is 1.78 bits per heavy atom. The van der Waals surface area contributed by atoms with E-state index >= 15 is 0 Å². The second-order valence-corrected chi connectivity index (χ2v) is 7.42. The van der Waals surface area contributed by atoms with Crippen LogP contribution in [0.4, 0.5) is 0 Å². The van der Waals surface area contributed by atoms with Crippen molar-refractivity contribution in [3.05, 3.63) is 94.5 Å². The van der Waals surface area contributed by atoms with E-state index in [4.69, 9.17) is 16.3 Å². The normalized spacial score (nSPS) is 10.4. The summed E-state index contributed by atoms with van der Waals surface area (Å²) in [6.07, 6.45) is 0. The second kappa shape index (κ2) is 9.49. The van der Waals surface area contributed by atoms with E-state index in [1.807, 2.05) is 66.7 Å². The number of ether oxygens (including phenoxy) is 1. The van der Waals surface area contributed by atoms with E-state index in [0.29, 0.717) is 22.9 Å². The van der Waals surface area contributed by atoms with E-state index in [0.717, 1.165) is 21.8 Å². The zero-order valence-corrected chi connectivity index (χ0v) is 16.5. The van der Waals surface area contributed by atoms with Crippen molar-refractivity contribution in [2.24, 2.45) is 0 Å². The van der Waals surface area contributed by atoms with Crippen molar-refractivity contribution in [3.63, 3.8) is 0 Å². The van der Waals surface area contributed by atoms with Crippen LogP contribution in [0.1, 0.15) is 21.5 Å². The molecule has 0 saturated heterocycles. The van der Waals surface area contributed by atoms with E-state index in [1.54, 1.807) is 24.9 Å². The molecule has 3 aromatic carbocycles. The number of benzene rings is 3. The van der Waals surface area contributed by atoms with Gasteiger partial charge in [-0.3, -0.25) is 4.79 Å². The zero-order chi connectivity index (χ0) is 19.1. The number of nitrogens with one attached hydrogen (secondary N) is 1. The third kappa shape index (κ3) is 5.52. The summed E-state index contributed by atoms with van der Waals surface area (Å²) in [4.78, 5) is 13.6. The van der Waals surface area contributed by atoms with Gasteiger partial charge in [0.15, 0.2) is 0 Å². The lowest BCUT2D eigenvalue weighted by Crippen LogP contribution is -2.22. The molecule has 0 aliphatic carbocycles. The molecule has 0 saturated carbocycles. The number of rotatable bonds is 7. The molecule has 1 N–H and O–H groups in total. The average molecular weight is 398 g/mol. The fourth-order valence-electron chi connectivity index (χ4n) is 2.60. The van der Waals surface area contributed by atoms with Gasteiger partial charge in [0.25, 0.3) is 5.91 Å². The minimum absolute atomic E-state index is 0.0979. The van der Waals surface area contributed by atoms with Crippen LogP contribution in [0.2, 0.25) is 5.02 Å². The van der Waals surface area contributed by atoms with Crippen molar-refractivity contribution in [3.8, 4) is 5.75 Å². The van der Waals surface area contributed by atoms with Crippen LogP contribution in [0.15, 0.2) is 77.7 Å². The topological polar surface area (TPSA) is 38.3 Å². The smallest absolute Gasteiger partial charge is 0.251 e. The van der Waals surface area contributed by atoms with Crippen LogP contribution < -0.4 is 10.1 Å². The monoisotopic (exact) mass is 397 g/mol. The summed E-state index contributed by atoms with van der Waals surface area (Å²) in [5.41, 5.74) is 2.67. The maximum absolute atomic E-state index is 12.5. The summed E-state index contributed by atoms with van der Waals surface area (Å²) in [6, 6.07) is 23.1. The van der Waals surface area contributed by atoms with Crippen LogP contribution >= 0.6 is 23.4 Å². The second-order valence-electron chi connectivity index (χ2n) is 5.94. The third-order valence-corrected chi connectivity index (χ3v) is 5.36. The van der Waals surface area contributed by atoms with Gasteiger partial charge in [-0.1, -0.05) is 41.9 Å². The molecule has 3 rings (SSSR count). The molecule has 0 bridgehead atoms. The molecule has 1 amide bonds. The van der Waals surface area contributed by atoms with Crippen LogP contribution in [0.25, 0.3) is 0 Å². The van der Waals surface area contributed by atoms with Crippen LogP contribution in [0, 0.1) is 0 Å². The first-order valence-corrected chi connectivity index (χ1v) is 9.89. The van der Waals surface area contributed by atoms with Crippen molar-refractivity contribution in [1.82, 2.24) is 5.32 Å². The quantitative estimate of drug-likeness (QED) is 0.529. The first-order chi connectivity index (χ1) is 13.2. The summed E-state index contributed by atoms with van der Waals surface area (Å²) in [5.74, 6) is 1.38. The van der Waals surface area contributed by atoms with Crippen LogP contribution in [0.3, 0.4) is 0 Å². The number of methoxy groups -OCH3 is 1. The predicted molar refractivity (Wildman–Crippen MR) is 112 cm³/mol. The predicted octanol–water partition coefficient (Wildman–Crippen LogP) is 5.57. The van der Waals surface area contributed by atoms with E-state index in [2.05, 4.69) is 5.32 Å². The van der Waals surface area contributed by atoms with Crippen LogP contribution in [0.5, 0.6) is 5.75 Å². The first-order valence-electron chi connectivity index (χ1n) is 8.53. The fraction of sp³-hybridized carbons (Fsp3) is 0.136. The van der Waals surface area contributed by atoms with E-state index < -0.39 is 0 Å². The fourth-order valence-corrected chi connectivity index (χ4v) is 3.61. The van der Waals surface area contributed by atoms with Gasteiger partial charge in [0.2, 0.25) is 0 Å². The molecule has 27 heavy (non-hydrogen) atoms. The van der Waals surface area contributed by atoms with Gasteiger partial charge in [0.1, 0.15) is 5.75 Å². The highest BCUT2D eigenvalue weighted by atomic mass is 35.5. The highest BCUT2D eigenvalue weighted by Gasteiger charge is 2.11. The lowest BCUT2D eigenvalue weighted by atomic mass is 10.1. The number of amides is 1. The maximum Gasteiger partial charge on any atom is 0.251 e. The summed E-state index contributed by atoms with van der Waals surface area (Å²) in [7, 11) is 1.64. The lowest BCUT2D eigenvalue weighted by Gasteiger charge is -2.11. The number of carbonyl (C=O) groups excluding carboxylic acids is 1. The molecule has 0 spiro atoms. The van der Waals surface area contributed by atoms with Crippen molar-refractivity contribution in [2.45, 2.75) is 17.2 Å². The molecule has 5 heteroatoms. The number of halogens is 1. The SMILES string of the molecule is COc1ccc(C(=O)NCc2ccccc2)cc1CSc1ccc(Cl)cc1. The summed E-state index contributed by atoms with van der Waals surface area (Å²) in [5, 5.41) is 3.68. The van der Waals surface area contributed by atoms with Crippen molar-refractivity contribution in [2.75, 3.05) is 7.11 Å². The Hall–Kier alpha value is -2.43. The van der Waals surface area contributed by atoms with Crippen molar-refractivity contribution >= 4 is 29.3 Å². The molecule has 0 unspecified atom stereocenters. The van der Waals surface area contributed by atoms with Crippen molar-refractivity contribution in [1.29, 1.82) is 0 Å². The molecule has 138 valence electrons. The number of hydrogen-bond acceptors (Lipinski definition) is 3. The average Bonchev–Trinajstić information content (AvgIpc) is 2.72. The van der Waals surface area contributed by atoms with E-state index in [1.165, 1.54) is 0 Å². The van der Waals surface area contributed by atoms with Gasteiger partial charge in [0, 0.05) is 33.3 Å². The molecule has 0 heterocycles. The van der Waals surface area contributed by atoms with Gasteiger partial charge in [-0.25, -0.2) is 0 Å². The molecule has 0 radical (unpaired) electrons. The number of thioether (sulfide) groups is 1. The Morgan fingerprint density at radius 1 is 1.04 bits per heavy atom. The minimum Gasteiger partial charge on any atom is -0.496 e. The van der Waals surface area contributed by atoms with Gasteiger partial charge in [0.05, 0.1) is 7.11 Å². The van der Waals surface area contributed by atoms with E-state index in [-0.39, 0.29) is 5.91 Å². The number of hydrogen-bond donors (Lipinski definition) is 1. The number of carbonyl (C=O) groups is 1. The van der Waals surface area contributed by atoms with Gasteiger partial charge in [-0.15, -0.1) is 11.8 Å². The molecule has 3 nitrogen and oxygen atoms in total. The Morgan fingerprint density at radius 3 is 2.48 bits per heavy atom. The summed E-state index contributed by atoms with van der Waals surface area (Å²) >= 11 is 7.60. The molecule has 0 fully saturated rings. The first kappa shape index (κ1) is 19.3. The summed E-state index contributed by atoms with van der Waals surface area (Å²) < 4.78 is 5.45. The van der Waals surface area contributed by atoms with Gasteiger partial charge in [-0.05, 0) is 48.0 Å². The summed E-state index contributed by atoms with van der Waals surface area (Å²) in [6.45, 7) is 0.501. The Kier molecular flexibility index (Phi) is 6.80. The lowest BCUT2D eigenvalue weighted by molar-refractivity contribution is 0.0951. The van der Waals surface area contributed by atoms with E-state index in [9.17, 15) is 4.79 Å². The zero-order valence-electron chi connectivity index (χ0n) is 14.9.